The van der Waals surface area contributed by atoms with Crippen molar-refractivity contribution in [2.75, 3.05) is 13.3 Å². The zero-order chi connectivity index (χ0) is 36.2. The summed E-state index contributed by atoms with van der Waals surface area (Å²) in [6.07, 6.45) is 0.375. The summed E-state index contributed by atoms with van der Waals surface area (Å²) in [5.74, 6) is -0.155. The van der Waals surface area contributed by atoms with Crippen molar-refractivity contribution in [3.63, 3.8) is 0 Å². The minimum atomic E-state index is -2.38. The van der Waals surface area contributed by atoms with Crippen LogP contribution in [0, 0.1) is 11.8 Å². The van der Waals surface area contributed by atoms with E-state index in [4.69, 9.17) is 13.9 Å². The van der Waals surface area contributed by atoms with Crippen molar-refractivity contribution in [1.82, 2.24) is 4.90 Å². The van der Waals surface area contributed by atoms with Crippen LogP contribution in [0.3, 0.4) is 0 Å². The minimum absolute atomic E-state index is 0. The van der Waals surface area contributed by atoms with Crippen molar-refractivity contribution in [3.8, 4) is 5.75 Å². The number of ether oxygens (including phenoxy) is 2. The Bertz CT molecular complexity index is 1730. The van der Waals surface area contributed by atoms with Crippen molar-refractivity contribution in [2.24, 2.45) is 11.8 Å². The highest BCUT2D eigenvalue weighted by Gasteiger charge is 2.63. The molecule has 0 aliphatic carbocycles. The van der Waals surface area contributed by atoms with Gasteiger partial charge in [-0.15, -0.1) is 0 Å². The number of fused-ring (bicyclic) bond motifs is 1. The van der Waals surface area contributed by atoms with E-state index in [1.165, 1.54) is 15.9 Å². The second-order valence-electron chi connectivity index (χ2n) is 13.9. The Hall–Kier alpha value is -3.30. The zero-order valence-corrected chi connectivity index (χ0v) is 35.2. The van der Waals surface area contributed by atoms with Crippen molar-refractivity contribution in [1.29, 1.82) is 0 Å². The molecule has 4 atom stereocenters. The SMILES string of the molecule is CC[Si](CC)(CC)O[C@H](C)[C@H]1C(=O)N2C(C(=O)OCc3ccc(OC)cc3)=C(C[P+](c3ccccc3)(c3ccccc3)c3ccccc3)[C@H](C)[C@H]12.[I-]. The standard InChI is InChI=1S/C43H51NO5PSi.HI/c1-7-51(8-2,9-3)49-32(5)39-40-31(4)38(41(44(40)42(39)45)43(46)48-29-33-25-27-34(47-6)28-26-33)30-50(35-19-13-10-14-20-35,36-21-15-11-16-22-36)37-23-17-12-18-24-37;/h10-28,31-32,39-40H,7-9,29-30H2,1-6H3;1H/q+1;/p-1/t31-,32+,39+,40+;/m0./s1. The van der Waals surface area contributed by atoms with Crippen molar-refractivity contribution in [2.45, 2.75) is 71.5 Å². The van der Waals surface area contributed by atoms with Crippen LogP contribution in [-0.4, -0.2) is 50.5 Å². The molecule has 2 aliphatic rings. The smallest absolute Gasteiger partial charge is 0.355 e. The Labute approximate surface area is 328 Å². The van der Waals surface area contributed by atoms with E-state index in [0.717, 1.165) is 35.0 Å². The summed E-state index contributed by atoms with van der Waals surface area (Å²) in [4.78, 5) is 30.6. The first-order chi connectivity index (χ1) is 24.7. The molecule has 6 rings (SSSR count). The van der Waals surface area contributed by atoms with E-state index in [1.54, 1.807) is 12.0 Å². The van der Waals surface area contributed by atoms with Gasteiger partial charge in [0.2, 0.25) is 5.91 Å². The molecular weight excluding hydrogens is 796 g/mol. The zero-order valence-electron chi connectivity index (χ0n) is 31.1. The lowest BCUT2D eigenvalue weighted by molar-refractivity contribution is -0.163. The van der Waals surface area contributed by atoms with Crippen molar-refractivity contribution < 1.29 is 47.5 Å². The number of hydrogen-bond donors (Lipinski definition) is 0. The van der Waals surface area contributed by atoms with Crippen LogP contribution in [0.15, 0.2) is 127 Å². The average molecular weight is 848 g/mol. The molecule has 0 radical (unpaired) electrons. The second kappa shape index (κ2) is 17.2. The number of rotatable bonds is 15. The van der Waals surface area contributed by atoms with Gasteiger partial charge in [0.25, 0.3) is 0 Å². The van der Waals surface area contributed by atoms with Crippen LogP contribution in [-0.2, 0) is 25.4 Å². The first kappa shape index (κ1) is 39.9. The molecule has 0 bridgehead atoms. The molecule has 1 amide bonds. The topological polar surface area (TPSA) is 65.1 Å². The van der Waals surface area contributed by atoms with Gasteiger partial charge >= 0.3 is 5.97 Å². The average Bonchev–Trinajstić information content (AvgIpc) is 3.43. The number of benzene rings is 4. The molecule has 4 aromatic carbocycles. The van der Waals surface area contributed by atoms with Crippen LogP contribution in [0.4, 0.5) is 0 Å². The lowest BCUT2D eigenvalue weighted by Gasteiger charge is -2.49. The molecule has 0 saturated carbocycles. The van der Waals surface area contributed by atoms with Gasteiger partial charge in [-0.2, -0.15) is 0 Å². The van der Waals surface area contributed by atoms with E-state index >= 15 is 0 Å². The number of carbonyl (C=O) groups excluding carboxylic acids is 2. The highest BCUT2D eigenvalue weighted by atomic mass is 127. The second-order valence-corrected chi connectivity index (χ2v) is 22.1. The molecule has 6 nitrogen and oxygen atoms in total. The van der Waals surface area contributed by atoms with Gasteiger partial charge in [-0.05, 0) is 79.2 Å². The molecule has 1 saturated heterocycles. The molecule has 9 heteroatoms. The summed E-state index contributed by atoms with van der Waals surface area (Å²) in [7, 11) is -2.74. The Morgan fingerprint density at radius 1 is 0.788 bits per heavy atom. The third kappa shape index (κ3) is 7.41. The summed E-state index contributed by atoms with van der Waals surface area (Å²) in [6, 6.07) is 42.5. The Balaban J connectivity index is 0.00000523. The van der Waals surface area contributed by atoms with Gasteiger partial charge in [0.1, 0.15) is 41.2 Å². The van der Waals surface area contributed by atoms with Crippen LogP contribution in [0.1, 0.15) is 40.2 Å². The van der Waals surface area contributed by atoms with Gasteiger partial charge in [-0.25, -0.2) is 4.79 Å². The number of carbonyl (C=O) groups is 2. The van der Waals surface area contributed by atoms with Crippen LogP contribution >= 0.6 is 7.26 Å². The molecule has 0 aromatic heterocycles. The maximum atomic E-state index is 14.5. The highest BCUT2D eigenvalue weighted by molar-refractivity contribution is 7.95. The maximum absolute atomic E-state index is 14.5. The molecule has 52 heavy (non-hydrogen) atoms. The molecule has 2 heterocycles. The first-order valence-corrected chi connectivity index (χ1v) is 22.8. The van der Waals surface area contributed by atoms with E-state index in [1.807, 2.05) is 24.3 Å². The normalized spacial score (nSPS) is 19.0. The van der Waals surface area contributed by atoms with Crippen LogP contribution < -0.4 is 44.6 Å². The fourth-order valence-corrected chi connectivity index (χ4v) is 15.6. The number of halogens is 1. The van der Waals surface area contributed by atoms with E-state index in [0.29, 0.717) is 11.9 Å². The van der Waals surface area contributed by atoms with Gasteiger partial charge in [-0.1, -0.05) is 94.4 Å². The maximum Gasteiger partial charge on any atom is 0.355 e. The molecule has 0 spiro atoms. The Morgan fingerprint density at radius 3 is 1.71 bits per heavy atom. The third-order valence-corrected chi connectivity index (χ3v) is 20.5. The monoisotopic (exact) mass is 847 g/mol. The lowest BCUT2D eigenvalue weighted by Crippen LogP contribution is -3.00. The Morgan fingerprint density at radius 2 is 1.27 bits per heavy atom. The predicted octanol–water partition coefficient (Wildman–Crippen LogP) is 4.88. The number of hydrogen-bond acceptors (Lipinski definition) is 5. The largest absolute Gasteiger partial charge is 1.00 e. The predicted molar refractivity (Wildman–Crippen MR) is 211 cm³/mol. The van der Waals surface area contributed by atoms with E-state index in [-0.39, 0.29) is 60.5 Å². The number of methoxy groups -OCH3 is 1. The van der Waals surface area contributed by atoms with E-state index in [9.17, 15) is 9.59 Å². The first-order valence-electron chi connectivity index (χ1n) is 18.3. The van der Waals surface area contributed by atoms with Crippen LogP contribution in [0.2, 0.25) is 18.1 Å². The number of β-lactam (4-membered cyclic amide) rings is 1. The number of nitrogens with zero attached hydrogens (tertiary/aromatic N) is 1. The van der Waals surface area contributed by atoms with Gasteiger partial charge in [0.05, 0.1) is 31.3 Å². The summed E-state index contributed by atoms with van der Waals surface area (Å²) in [5, 5.41) is 3.68. The summed E-state index contributed by atoms with van der Waals surface area (Å²) in [6.45, 7) is 11.0. The van der Waals surface area contributed by atoms with Gasteiger partial charge < -0.3 is 42.8 Å². The molecule has 1 fully saturated rings. The number of esters is 1. The van der Waals surface area contributed by atoms with Crippen LogP contribution in [0.5, 0.6) is 5.75 Å². The summed E-state index contributed by atoms with van der Waals surface area (Å²) in [5.41, 5.74) is 2.24. The highest BCUT2D eigenvalue weighted by Crippen LogP contribution is 2.60. The minimum Gasteiger partial charge on any atom is -1.00 e. The van der Waals surface area contributed by atoms with Gasteiger partial charge in [-0.3, -0.25) is 4.79 Å². The summed E-state index contributed by atoms with van der Waals surface area (Å²) >= 11 is 0. The third-order valence-electron chi connectivity index (χ3n) is 11.4. The molecule has 0 N–H and O–H groups in total. The van der Waals surface area contributed by atoms with Crippen LogP contribution in [0.25, 0.3) is 0 Å². The molecule has 0 unspecified atom stereocenters. The lowest BCUT2D eigenvalue weighted by atomic mass is 9.78. The Kier molecular flexibility index (Phi) is 13.2. The van der Waals surface area contributed by atoms with Gasteiger partial charge in [0.15, 0.2) is 8.32 Å². The quantitative estimate of drug-likeness (QED) is 0.0562. The summed E-state index contributed by atoms with van der Waals surface area (Å²) < 4.78 is 18.3. The molecule has 4 aromatic rings. The molecule has 274 valence electrons. The van der Waals surface area contributed by atoms with Gasteiger partial charge in [0, 0.05) is 11.5 Å². The van der Waals surface area contributed by atoms with Crippen molar-refractivity contribution in [3.05, 3.63) is 132 Å². The number of amides is 1. The fourth-order valence-electron chi connectivity index (χ4n) is 8.26. The molecule has 2 aliphatic heterocycles. The molecular formula is C43H51INO5PSi. The fraction of sp³-hybridized carbons (Fsp3) is 0.349. The van der Waals surface area contributed by atoms with E-state index < -0.39 is 21.5 Å². The van der Waals surface area contributed by atoms with E-state index in [2.05, 4.69) is 126 Å². The van der Waals surface area contributed by atoms with Crippen molar-refractivity contribution >= 4 is 43.4 Å².